The van der Waals surface area contributed by atoms with E-state index in [2.05, 4.69) is 0 Å². The van der Waals surface area contributed by atoms with Crippen LogP contribution in [0.3, 0.4) is 0 Å². The van der Waals surface area contributed by atoms with Crippen molar-refractivity contribution in [3.63, 3.8) is 0 Å². The molecule has 134 valence electrons. The van der Waals surface area contributed by atoms with Crippen molar-refractivity contribution in [1.29, 1.82) is 0 Å². The first kappa shape index (κ1) is 17.5. The SMILES string of the molecule is O=C(C(=O)C(=O)c1cccc2ccccc12)C(=O)c1cccc2ccccc12. The first-order valence-corrected chi connectivity index (χ1v) is 8.71. The maximum Gasteiger partial charge on any atom is 0.277 e. The van der Waals surface area contributed by atoms with Gasteiger partial charge in [-0.2, -0.15) is 0 Å². The van der Waals surface area contributed by atoms with E-state index in [1.54, 1.807) is 60.7 Å². The molecule has 0 fully saturated rings. The standard InChI is InChI=1S/C24H14O4/c25-21(19-13-5-9-15-7-1-3-11-17(15)19)23(27)24(28)22(26)20-14-6-10-16-8-2-4-12-18(16)20/h1-14H. The Kier molecular flexibility index (Phi) is 4.38. The summed E-state index contributed by atoms with van der Waals surface area (Å²) >= 11 is 0. The molecule has 0 aliphatic heterocycles. The maximum atomic E-state index is 12.7. The number of hydrogen-bond acceptors (Lipinski definition) is 4. The number of fused-ring (bicyclic) bond motifs is 2. The smallest absolute Gasteiger partial charge is 0.277 e. The quantitative estimate of drug-likeness (QED) is 0.302. The summed E-state index contributed by atoms with van der Waals surface area (Å²) in [5.41, 5.74) is 0.226. The van der Waals surface area contributed by atoms with Crippen LogP contribution < -0.4 is 0 Å². The van der Waals surface area contributed by atoms with Gasteiger partial charge in [0.15, 0.2) is 0 Å². The molecule has 0 atom stereocenters. The van der Waals surface area contributed by atoms with Crippen molar-refractivity contribution < 1.29 is 19.2 Å². The molecule has 0 heterocycles. The second-order valence-electron chi connectivity index (χ2n) is 6.37. The Balaban J connectivity index is 1.70. The van der Waals surface area contributed by atoms with Gasteiger partial charge in [0, 0.05) is 11.1 Å². The molecule has 0 unspecified atom stereocenters. The van der Waals surface area contributed by atoms with E-state index in [1.807, 2.05) is 12.1 Å². The number of carbonyl (C=O) groups is 4. The minimum Gasteiger partial charge on any atom is -0.285 e. The van der Waals surface area contributed by atoms with Crippen molar-refractivity contribution in [2.45, 2.75) is 0 Å². The van der Waals surface area contributed by atoms with Gasteiger partial charge >= 0.3 is 0 Å². The average molecular weight is 366 g/mol. The summed E-state index contributed by atoms with van der Waals surface area (Å²) < 4.78 is 0. The highest BCUT2D eigenvalue weighted by atomic mass is 16.2. The maximum absolute atomic E-state index is 12.7. The van der Waals surface area contributed by atoms with Crippen LogP contribution in [0.4, 0.5) is 0 Å². The Labute approximate surface area is 160 Å². The highest BCUT2D eigenvalue weighted by Gasteiger charge is 2.31. The van der Waals surface area contributed by atoms with E-state index in [0.717, 1.165) is 10.8 Å². The van der Waals surface area contributed by atoms with Gasteiger partial charge in [0.2, 0.25) is 11.6 Å². The van der Waals surface area contributed by atoms with Crippen LogP contribution in [-0.4, -0.2) is 23.1 Å². The van der Waals surface area contributed by atoms with E-state index < -0.39 is 23.1 Å². The van der Waals surface area contributed by atoms with Gasteiger partial charge in [0.25, 0.3) is 11.6 Å². The van der Waals surface area contributed by atoms with Crippen LogP contribution in [0.15, 0.2) is 84.9 Å². The number of rotatable bonds is 5. The molecule has 0 bridgehead atoms. The number of Topliss-reactive ketones (excluding diaryl/α,β-unsaturated/α-hetero) is 4. The van der Waals surface area contributed by atoms with E-state index >= 15 is 0 Å². The van der Waals surface area contributed by atoms with Gasteiger partial charge in [-0.05, 0) is 21.5 Å². The third kappa shape index (κ3) is 2.91. The molecule has 0 saturated carbocycles. The van der Waals surface area contributed by atoms with E-state index in [9.17, 15) is 19.2 Å². The van der Waals surface area contributed by atoms with Gasteiger partial charge in [-0.3, -0.25) is 19.2 Å². The Morgan fingerprint density at radius 3 is 1.21 bits per heavy atom. The number of hydrogen-bond donors (Lipinski definition) is 0. The molecule has 0 aliphatic rings. The van der Waals surface area contributed by atoms with Crippen LogP contribution >= 0.6 is 0 Å². The predicted molar refractivity (Wildman–Crippen MR) is 107 cm³/mol. The zero-order valence-corrected chi connectivity index (χ0v) is 14.7. The van der Waals surface area contributed by atoms with E-state index in [4.69, 9.17) is 0 Å². The Bertz CT molecular complexity index is 1170. The van der Waals surface area contributed by atoms with Gasteiger partial charge in [-0.25, -0.2) is 0 Å². The minimum atomic E-state index is -1.32. The van der Waals surface area contributed by atoms with E-state index in [-0.39, 0.29) is 11.1 Å². The van der Waals surface area contributed by atoms with Crippen molar-refractivity contribution in [3.8, 4) is 0 Å². The molecule has 0 aromatic heterocycles. The highest BCUT2D eigenvalue weighted by molar-refractivity contribution is 6.82. The van der Waals surface area contributed by atoms with E-state index in [0.29, 0.717) is 10.8 Å². The summed E-state index contributed by atoms with van der Waals surface area (Å²) in [6.45, 7) is 0. The zero-order chi connectivity index (χ0) is 19.7. The van der Waals surface area contributed by atoms with Crippen molar-refractivity contribution in [3.05, 3.63) is 96.1 Å². The lowest BCUT2D eigenvalue weighted by Crippen LogP contribution is -2.30. The van der Waals surface area contributed by atoms with Gasteiger partial charge in [0.05, 0.1) is 0 Å². The molecule has 4 aromatic rings. The summed E-state index contributed by atoms with van der Waals surface area (Å²) in [5.74, 6) is -4.60. The summed E-state index contributed by atoms with van der Waals surface area (Å²) in [6, 6.07) is 24.0. The largest absolute Gasteiger partial charge is 0.285 e. The Morgan fingerprint density at radius 2 is 0.786 bits per heavy atom. The molecule has 4 aromatic carbocycles. The fourth-order valence-corrected chi connectivity index (χ4v) is 3.30. The molecule has 28 heavy (non-hydrogen) atoms. The van der Waals surface area contributed by atoms with E-state index in [1.165, 1.54) is 12.1 Å². The molecular weight excluding hydrogens is 352 g/mol. The summed E-state index contributed by atoms with van der Waals surface area (Å²) in [7, 11) is 0. The van der Waals surface area contributed by atoms with Crippen LogP contribution in [0.1, 0.15) is 20.7 Å². The van der Waals surface area contributed by atoms with Gasteiger partial charge in [-0.15, -0.1) is 0 Å². The third-order valence-electron chi connectivity index (χ3n) is 4.69. The van der Waals surface area contributed by atoms with Crippen molar-refractivity contribution >= 4 is 44.7 Å². The van der Waals surface area contributed by atoms with Crippen LogP contribution in [-0.2, 0) is 9.59 Å². The highest BCUT2D eigenvalue weighted by Crippen LogP contribution is 2.21. The van der Waals surface area contributed by atoms with Crippen LogP contribution in [0, 0.1) is 0 Å². The monoisotopic (exact) mass is 366 g/mol. The third-order valence-corrected chi connectivity index (χ3v) is 4.69. The lowest BCUT2D eigenvalue weighted by Gasteiger charge is -2.06. The molecule has 4 rings (SSSR count). The zero-order valence-electron chi connectivity index (χ0n) is 14.7. The summed E-state index contributed by atoms with van der Waals surface area (Å²) in [4.78, 5) is 50.4. The second kappa shape index (κ2) is 7.00. The van der Waals surface area contributed by atoms with Gasteiger partial charge < -0.3 is 0 Å². The summed E-state index contributed by atoms with van der Waals surface area (Å²) in [5, 5.41) is 2.67. The molecular formula is C24H14O4. The minimum absolute atomic E-state index is 0.113. The normalized spacial score (nSPS) is 10.7. The first-order chi connectivity index (χ1) is 13.6. The molecule has 0 N–H and O–H groups in total. The number of carbonyl (C=O) groups excluding carboxylic acids is 4. The van der Waals surface area contributed by atoms with Gasteiger partial charge in [-0.1, -0.05) is 84.9 Å². The molecule has 4 nitrogen and oxygen atoms in total. The van der Waals surface area contributed by atoms with Gasteiger partial charge in [0.1, 0.15) is 0 Å². The van der Waals surface area contributed by atoms with Crippen LogP contribution in [0.25, 0.3) is 21.5 Å². The van der Waals surface area contributed by atoms with Crippen LogP contribution in [0.5, 0.6) is 0 Å². The molecule has 0 spiro atoms. The Morgan fingerprint density at radius 1 is 0.429 bits per heavy atom. The molecule has 0 radical (unpaired) electrons. The molecule has 4 heteroatoms. The lowest BCUT2D eigenvalue weighted by atomic mass is 9.94. The van der Waals surface area contributed by atoms with Crippen molar-refractivity contribution in [2.75, 3.05) is 0 Å². The molecule has 0 amide bonds. The Hall–Kier alpha value is -3.92. The lowest BCUT2D eigenvalue weighted by molar-refractivity contribution is -0.131. The fourth-order valence-electron chi connectivity index (χ4n) is 3.30. The summed E-state index contributed by atoms with van der Waals surface area (Å²) in [6.07, 6.45) is 0. The number of benzene rings is 4. The van der Waals surface area contributed by atoms with Crippen molar-refractivity contribution in [2.24, 2.45) is 0 Å². The van der Waals surface area contributed by atoms with Crippen LogP contribution in [0.2, 0.25) is 0 Å². The molecule has 0 aliphatic carbocycles. The first-order valence-electron chi connectivity index (χ1n) is 8.71. The second-order valence-corrected chi connectivity index (χ2v) is 6.37. The fraction of sp³-hybridized carbons (Fsp3) is 0. The van der Waals surface area contributed by atoms with Crippen molar-refractivity contribution in [1.82, 2.24) is 0 Å². The molecule has 0 saturated heterocycles. The topological polar surface area (TPSA) is 68.3 Å². The average Bonchev–Trinajstić information content (AvgIpc) is 2.76. The predicted octanol–water partition coefficient (Wildman–Crippen LogP) is 4.20. The number of ketones is 4.